The van der Waals surface area contributed by atoms with Crippen molar-refractivity contribution in [3.8, 4) is 5.88 Å². The van der Waals surface area contributed by atoms with Gasteiger partial charge >= 0.3 is 6.18 Å². The lowest BCUT2D eigenvalue weighted by Gasteiger charge is -2.22. The first-order valence-electron chi connectivity index (χ1n) is 6.12. The lowest BCUT2D eigenvalue weighted by atomic mass is 10.1. The molecule has 1 rings (SSSR count). The molecule has 114 valence electrons. The van der Waals surface area contributed by atoms with Gasteiger partial charge in [0.05, 0.1) is 6.20 Å². The van der Waals surface area contributed by atoms with Gasteiger partial charge in [-0.1, -0.05) is 0 Å². The third kappa shape index (κ3) is 5.32. The minimum Gasteiger partial charge on any atom is -0.465 e. The summed E-state index contributed by atoms with van der Waals surface area (Å²) in [6.45, 7) is 6.70. The largest absolute Gasteiger partial charge is 0.465 e. The first kappa shape index (κ1) is 16.7. The van der Waals surface area contributed by atoms with Gasteiger partial charge in [-0.2, -0.15) is 13.2 Å². The molecule has 0 fully saturated rings. The predicted molar refractivity (Wildman–Crippen MR) is 66.9 cm³/mol. The van der Waals surface area contributed by atoms with Gasteiger partial charge in [0, 0.05) is 17.6 Å². The molecule has 7 heteroatoms. The number of rotatable bonds is 4. The van der Waals surface area contributed by atoms with Crippen LogP contribution in [0.3, 0.4) is 0 Å². The fourth-order valence-electron chi connectivity index (χ4n) is 1.30. The molecule has 0 saturated carbocycles. The Morgan fingerprint density at radius 2 is 1.90 bits per heavy atom. The minimum atomic E-state index is -4.50. The number of alkyl halides is 3. The topological polar surface area (TPSA) is 34.1 Å². The highest BCUT2D eigenvalue weighted by Gasteiger charge is 2.38. The predicted octanol–water partition coefficient (Wildman–Crippen LogP) is 3.44. The third-order valence-corrected chi connectivity index (χ3v) is 2.45. The van der Waals surface area contributed by atoms with Crippen molar-refractivity contribution in [3.05, 3.63) is 23.6 Å². The Morgan fingerprint density at radius 3 is 2.40 bits per heavy atom. The number of pyridine rings is 1. The Kier molecular flexibility index (Phi) is 4.96. The van der Waals surface area contributed by atoms with Crippen molar-refractivity contribution in [2.75, 3.05) is 0 Å². The molecule has 0 bridgehead atoms. The fourth-order valence-corrected chi connectivity index (χ4v) is 1.30. The van der Waals surface area contributed by atoms with Crippen LogP contribution in [-0.2, 0) is 6.54 Å². The summed E-state index contributed by atoms with van der Waals surface area (Å²) >= 11 is 0. The van der Waals surface area contributed by atoms with E-state index in [1.54, 1.807) is 0 Å². The van der Waals surface area contributed by atoms with E-state index in [1.807, 2.05) is 20.8 Å². The van der Waals surface area contributed by atoms with E-state index in [1.165, 1.54) is 0 Å². The van der Waals surface area contributed by atoms with Crippen LogP contribution in [-0.4, -0.2) is 22.8 Å². The van der Waals surface area contributed by atoms with Crippen molar-refractivity contribution in [2.45, 2.75) is 52.1 Å². The van der Waals surface area contributed by atoms with Gasteiger partial charge in [0.2, 0.25) is 5.88 Å². The highest BCUT2D eigenvalue weighted by molar-refractivity contribution is 5.26. The van der Waals surface area contributed by atoms with E-state index >= 15 is 0 Å². The normalized spacial score (nSPS) is 14.2. The summed E-state index contributed by atoms with van der Waals surface area (Å²) in [5.41, 5.74) is -0.0183. The van der Waals surface area contributed by atoms with Crippen molar-refractivity contribution in [2.24, 2.45) is 0 Å². The molecule has 1 heterocycles. The summed E-state index contributed by atoms with van der Waals surface area (Å²) in [6, 6.07) is 1.12. The number of hydrogen-bond donors (Lipinski definition) is 1. The Hall–Kier alpha value is -1.37. The van der Waals surface area contributed by atoms with Crippen LogP contribution in [0.25, 0.3) is 0 Å². The zero-order valence-corrected chi connectivity index (χ0v) is 11.8. The van der Waals surface area contributed by atoms with E-state index < -0.39 is 18.1 Å². The first-order chi connectivity index (χ1) is 8.99. The Balaban J connectivity index is 2.90. The summed E-state index contributed by atoms with van der Waals surface area (Å²) in [7, 11) is 0. The van der Waals surface area contributed by atoms with E-state index in [4.69, 9.17) is 4.74 Å². The van der Waals surface area contributed by atoms with Gasteiger partial charge in [0.15, 0.2) is 6.10 Å². The summed E-state index contributed by atoms with van der Waals surface area (Å²) < 4.78 is 55.4. The number of aromatic nitrogens is 1. The van der Waals surface area contributed by atoms with Crippen LogP contribution in [0.15, 0.2) is 12.3 Å². The zero-order chi connectivity index (χ0) is 15.6. The molecule has 1 unspecified atom stereocenters. The van der Waals surface area contributed by atoms with E-state index in [2.05, 4.69) is 10.3 Å². The molecule has 1 N–H and O–H groups in total. The molecule has 1 aromatic heterocycles. The quantitative estimate of drug-likeness (QED) is 0.864. The van der Waals surface area contributed by atoms with Gasteiger partial charge in [-0.25, -0.2) is 9.37 Å². The average molecular weight is 294 g/mol. The lowest BCUT2D eigenvalue weighted by molar-refractivity contribution is -0.190. The van der Waals surface area contributed by atoms with Crippen LogP contribution in [0, 0.1) is 5.82 Å². The monoisotopic (exact) mass is 294 g/mol. The standard InChI is InChI=1S/C13H18F4N2O/c1-8(13(15,16)17)20-11-9(5-10(14)7-18-11)6-19-12(2,3)4/h5,7-8,19H,6H2,1-4H3. The zero-order valence-electron chi connectivity index (χ0n) is 11.8. The Bertz CT molecular complexity index is 455. The molecule has 0 aliphatic rings. The van der Waals surface area contributed by atoms with Crippen molar-refractivity contribution < 1.29 is 22.3 Å². The molecule has 3 nitrogen and oxygen atoms in total. The van der Waals surface area contributed by atoms with Crippen molar-refractivity contribution in [1.82, 2.24) is 10.3 Å². The van der Waals surface area contributed by atoms with Crippen molar-refractivity contribution in [1.29, 1.82) is 0 Å². The van der Waals surface area contributed by atoms with Crippen molar-refractivity contribution >= 4 is 0 Å². The number of halogens is 4. The van der Waals surface area contributed by atoms with Crippen LogP contribution in [0.1, 0.15) is 33.3 Å². The van der Waals surface area contributed by atoms with E-state index in [-0.39, 0.29) is 23.5 Å². The summed E-state index contributed by atoms with van der Waals surface area (Å²) in [5.74, 6) is -0.837. The van der Waals surface area contributed by atoms with E-state index in [9.17, 15) is 17.6 Å². The van der Waals surface area contributed by atoms with Crippen LogP contribution < -0.4 is 10.1 Å². The highest BCUT2D eigenvalue weighted by Crippen LogP contribution is 2.26. The van der Waals surface area contributed by atoms with Gasteiger partial charge in [0.25, 0.3) is 0 Å². The number of ether oxygens (including phenoxy) is 1. The molecule has 0 amide bonds. The van der Waals surface area contributed by atoms with E-state index in [0.717, 1.165) is 19.2 Å². The molecule has 0 saturated heterocycles. The van der Waals surface area contributed by atoms with Crippen LogP contribution in [0.4, 0.5) is 17.6 Å². The number of nitrogens with one attached hydrogen (secondary N) is 1. The number of hydrogen-bond acceptors (Lipinski definition) is 3. The molecular weight excluding hydrogens is 276 g/mol. The lowest BCUT2D eigenvalue weighted by Crippen LogP contribution is -2.36. The smallest absolute Gasteiger partial charge is 0.425 e. The van der Waals surface area contributed by atoms with Gasteiger partial charge < -0.3 is 10.1 Å². The molecule has 0 radical (unpaired) electrons. The van der Waals surface area contributed by atoms with Crippen molar-refractivity contribution in [3.63, 3.8) is 0 Å². The molecule has 1 atom stereocenters. The van der Waals surface area contributed by atoms with Gasteiger partial charge in [-0.15, -0.1) is 0 Å². The maximum atomic E-state index is 13.2. The van der Waals surface area contributed by atoms with E-state index in [0.29, 0.717) is 0 Å². The Morgan fingerprint density at radius 1 is 1.30 bits per heavy atom. The first-order valence-corrected chi connectivity index (χ1v) is 6.12. The number of nitrogens with zero attached hydrogens (tertiary/aromatic N) is 1. The molecule has 0 spiro atoms. The fraction of sp³-hybridized carbons (Fsp3) is 0.615. The molecule has 0 aliphatic heterocycles. The van der Waals surface area contributed by atoms with Gasteiger partial charge in [-0.05, 0) is 33.8 Å². The third-order valence-electron chi connectivity index (χ3n) is 2.45. The molecule has 0 aliphatic carbocycles. The molecular formula is C13H18F4N2O. The van der Waals surface area contributed by atoms with Crippen LogP contribution in [0.2, 0.25) is 0 Å². The second kappa shape index (κ2) is 5.95. The van der Waals surface area contributed by atoms with Crippen LogP contribution >= 0.6 is 0 Å². The maximum Gasteiger partial charge on any atom is 0.425 e. The molecule has 1 aromatic rings. The second-order valence-corrected chi connectivity index (χ2v) is 5.52. The van der Waals surface area contributed by atoms with Gasteiger partial charge in [0.1, 0.15) is 5.82 Å². The Labute approximate surface area is 115 Å². The van der Waals surface area contributed by atoms with Crippen LogP contribution in [0.5, 0.6) is 5.88 Å². The molecule has 0 aromatic carbocycles. The maximum absolute atomic E-state index is 13.2. The summed E-state index contributed by atoms with van der Waals surface area (Å²) in [5, 5.41) is 3.05. The summed E-state index contributed by atoms with van der Waals surface area (Å²) in [6.07, 6.45) is -5.67. The SMILES string of the molecule is CC(Oc1ncc(F)cc1CNC(C)(C)C)C(F)(F)F. The summed E-state index contributed by atoms with van der Waals surface area (Å²) in [4.78, 5) is 3.60. The molecule has 20 heavy (non-hydrogen) atoms. The minimum absolute atomic E-state index is 0.161. The second-order valence-electron chi connectivity index (χ2n) is 5.52. The van der Waals surface area contributed by atoms with Gasteiger partial charge in [-0.3, -0.25) is 0 Å². The average Bonchev–Trinajstić information content (AvgIpc) is 2.27. The highest BCUT2D eigenvalue weighted by atomic mass is 19.4.